The second kappa shape index (κ2) is 4.24. The summed E-state index contributed by atoms with van der Waals surface area (Å²) in [6.07, 6.45) is 3.09. The lowest BCUT2D eigenvalue weighted by Gasteiger charge is -2.31. The van der Waals surface area contributed by atoms with Crippen LogP contribution in [0.1, 0.15) is 32.3 Å². The van der Waals surface area contributed by atoms with Gasteiger partial charge in [0.1, 0.15) is 23.4 Å². The van der Waals surface area contributed by atoms with Crippen LogP contribution in [0.4, 0.5) is 0 Å². The third kappa shape index (κ3) is 1.94. The highest BCUT2D eigenvalue weighted by Crippen LogP contribution is 2.40. The maximum absolute atomic E-state index is 9.73. The topological polar surface area (TPSA) is 49.7 Å². The molecule has 1 heterocycles. The lowest BCUT2D eigenvalue weighted by Crippen LogP contribution is -2.30. The minimum atomic E-state index is 0.0565. The smallest absolute Gasteiger partial charge is 0.130 e. The molecule has 1 aromatic carbocycles. The summed E-state index contributed by atoms with van der Waals surface area (Å²) < 4.78 is 5.83. The van der Waals surface area contributed by atoms with Gasteiger partial charge in [-0.15, -0.1) is 0 Å². The van der Waals surface area contributed by atoms with E-state index >= 15 is 0 Å². The second-order valence-electron chi connectivity index (χ2n) is 4.57. The predicted octanol–water partition coefficient (Wildman–Crippen LogP) is 2.84. The average Bonchev–Trinajstić information content (AvgIpc) is 2.21. The van der Waals surface area contributed by atoms with E-state index in [2.05, 4.69) is 13.8 Å². The molecule has 1 aromatic rings. The summed E-state index contributed by atoms with van der Waals surface area (Å²) in [4.78, 5) is 0. The SMILES string of the molecule is CCCC1Oc2cc(O)cc(O)c2CC1C. The highest BCUT2D eigenvalue weighted by atomic mass is 16.5. The zero-order chi connectivity index (χ0) is 11.7. The fourth-order valence-electron chi connectivity index (χ4n) is 2.29. The van der Waals surface area contributed by atoms with Crippen LogP contribution in [0, 0.1) is 5.92 Å². The van der Waals surface area contributed by atoms with E-state index in [1.807, 2.05) is 0 Å². The molecule has 0 radical (unpaired) electrons. The number of hydrogen-bond donors (Lipinski definition) is 2. The van der Waals surface area contributed by atoms with Crippen molar-refractivity contribution in [3.63, 3.8) is 0 Å². The molecule has 0 fully saturated rings. The number of fused-ring (bicyclic) bond motifs is 1. The Hall–Kier alpha value is -1.38. The minimum Gasteiger partial charge on any atom is -0.508 e. The maximum atomic E-state index is 9.73. The Kier molecular flexibility index (Phi) is 2.95. The first-order chi connectivity index (χ1) is 7.61. The predicted molar refractivity (Wildman–Crippen MR) is 62.0 cm³/mol. The van der Waals surface area contributed by atoms with Gasteiger partial charge in [-0.1, -0.05) is 20.3 Å². The Morgan fingerprint density at radius 2 is 2.12 bits per heavy atom. The molecule has 2 rings (SSSR count). The Morgan fingerprint density at radius 3 is 2.81 bits per heavy atom. The molecule has 88 valence electrons. The highest BCUT2D eigenvalue weighted by Gasteiger charge is 2.28. The van der Waals surface area contributed by atoms with Gasteiger partial charge in [0.15, 0.2) is 0 Å². The molecule has 3 heteroatoms. The Morgan fingerprint density at radius 1 is 1.38 bits per heavy atom. The summed E-state index contributed by atoms with van der Waals surface area (Å²) in [7, 11) is 0. The molecular weight excluding hydrogens is 204 g/mol. The fraction of sp³-hybridized carbons (Fsp3) is 0.538. The molecule has 3 nitrogen and oxygen atoms in total. The molecule has 0 amide bonds. The maximum Gasteiger partial charge on any atom is 0.130 e. The lowest BCUT2D eigenvalue weighted by atomic mass is 9.89. The first-order valence-electron chi connectivity index (χ1n) is 5.83. The van der Waals surface area contributed by atoms with Gasteiger partial charge in [0, 0.05) is 17.7 Å². The van der Waals surface area contributed by atoms with Crippen molar-refractivity contribution in [1.82, 2.24) is 0 Å². The van der Waals surface area contributed by atoms with E-state index < -0.39 is 0 Å². The number of rotatable bonds is 2. The summed E-state index contributed by atoms with van der Waals surface area (Å²) in [5.41, 5.74) is 0.817. The highest BCUT2D eigenvalue weighted by molar-refractivity contribution is 5.50. The van der Waals surface area contributed by atoms with Crippen LogP contribution in [0.25, 0.3) is 0 Å². The van der Waals surface area contributed by atoms with Gasteiger partial charge in [-0.2, -0.15) is 0 Å². The van der Waals surface area contributed by atoms with Crippen LogP contribution in [0.15, 0.2) is 12.1 Å². The van der Waals surface area contributed by atoms with Crippen LogP contribution in [0.2, 0.25) is 0 Å². The largest absolute Gasteiger partial charge is 0.508 e. The van der Waals surface area contributed by atoms with Crippen molar-refractivity contribution in [2.45, 2.75) is 39.2 Å². The summed E-state index contributed by atoms with van der Waals surface area (Å²) >= 11 is 0. The van der Waals surface area contributed by atoms with Gasteiger partial charge in [-0.05, 0) is 18.8 Å². The van der Waals surface area contributed by atoms with Crippen molar-refractivity contribution in [3.8, 4) is 17.2 Å². The quantitative estimate of drug-likeness (QED) is 0.809. The number of phenolic OH excluding ortho intramolecular Hbond substituents is 2. The van der Waals surface area contributed by atoms with E-state index in [4.69, 9.17) is 4.74 Å². The number of aromatic hydroxyl groups is 2. The van der Waals surface area contributed by atoms with Gasteiger partial charge in [0.2, 0.25) is 0 Å². The van der Waals surface area contributed by atoms with E-state index in [9.17, 15) is 10.2 Å². The van der Waals surface area contributed by atoms with Gasteiger partial charge < -0.3 is 14.9 Å². The van der Waals surface area contributed by atoms with Crippen LogP contribution in [-0.4, -0.2) is 16.3 Å². The molecule has 2 N–H and O–H groups in total. The molecule has 2 atom stereocenters. The molecule has 0 saturated heterocycles. The zero-order valence-corrected chi connectivity index (χ0v) is 9.73. The van der Waals surface area contributed by atoms with Crippen molar-refractivity contribution in [2.24, 2.45) is 5.92 Å². The molecule has 1 aliphatic rings. The van der Waals surface area contributed by atoms with E-state index in [-0.39, 0.29) is 17.6 Å². The summed E-state index contributed by atoms with van der Waals surface area (Å²) in [5.74, 6) is 1.23. The van der Waals surface area contributed by atoms with Crippen LogP contribution in [0.5, 0.6) is 17.2 Å². The standard InChI is InChI=1S/C13H18O3/c1-3-4-12-8(2)5-10-11(15)6-9(14)7-13(10)16-12/h6-8,12,14-15H,3-5H2,1-2H3. The molecular formula is C13H18O3. The lowest BCUT2D eigenvalue weighted by molar-refractivity contribution is 0.111. The van der Waals surface area contributed by atoms with E-state index in [1.54, 1.807) is 6.07 Å². The van der Waals surface area contributed by atoms with Gasteiger partial charge in [0.05, 0.1) is 0 Å². The number of hydrogen-bond acceptors (Lipinski definition) is 3. The Balaban J connectivity index is 2.31. The van der Waals surface area contributed by atoms with Gasteiger partial charge >= 0.3 is 0 Å². The zero-order valence-electron chi connectivity index (χ0n) is 9.73. The van der Waals surface area contributed by atoms with Crippen molar-refractivity contribution in [1.29, 1.82) is 0 Å². The van der Waals surface area contributed by atoms with Crippen LogP contribution in [0.3, 0.4) is 0 Å². The second-order valence-corrected chi connectivity index (χ2v) is 4.57. The molecule has 0 aliphatic carbocycles. The van der Waals surface area contributed by atoms with Crippen molar-refractivity contribution in [3.05, 3.63) is 17.7 Å². The first-order valence-corrected chi connectivity index (χ1v) is 5.83. The van der Waals surface area contributed by atoms with Crippen molar-refractivity contribution < 1.29 is 14.9 Å². The molecule has 0 saturated carbocycles. The minimum absolute atomic E-state index is 0.0565. The molecule has 0 spiro atoms. The van der Waals surface area contributed by atoms with Crippen LogP contribution >= 0.6 is 0 Å². The van der Waals surface area contributed by atoms with E-state index in [1.165, 1.54) is 6.07 Å². The van der Waals surface area contributed by atoms with E-state index in [0.717, 1.165) is 24.8 Å². The summed E-state index contributed by atoms with van der Waals surface area (Å²) in [6.45, 7) is 4.26. The van der Waals surface area contributed by atoms with Crippen LogP contribution in [-0.2, 0) is 6.42 Å². The molecule has 0 aromatic heterocycles. The average molecular weight is 222 g/mol. The molecule has 2 unspecified atom stereocenters. The van der Waals surface area contributed by atoms with Crippen molar-refractivity contribution in [2.75, 3.05) is 0 Å². The summed E-state index contributed by atoms with van der Waals surface area (Å²) in [5, 5.41) is 19.1. The van der Waals surface area contributed by atoms with Gasteiger partial charge in [0.25, 0.3) is 0 Å². The van der Waals surface area contributed by atoms with Gasteiger partial charge in [-0.3, -0.25) is 0 Å². The Labute approximate surface area is 95.7 Å². The third-order valence-electron chi connectivity index (χ3n) is 3.18. The molecule has 16 heavy (non-hydrogen) atoms. The first kappa shape index (κ1) is 11.1. The molecule has 1 aliphatic heterocycles. The van der Waals surface area contributed by atoms with Gasteiger partial charge in [-0.25, -0.2) is 0 Å². The fourth-order valence-corrected chi connectivity index (χ4v) is 2.29. The third-order valence-corrected chi connectivity index (χ3v) is 3.18. The number of benzene rings is 1. The number of phenols is 2. The van der Waals surface area contributed by atoms with Crippen molar-refractivity contribution >= 4 is 0 Å². The molecule has 0 bridgehead atoms. The van der Waals surface area contributed by atoms with Crippen LogP contribution < -0.4 is 4.74 Å². The normalized spacial score (nSPS) is 23.6. The van der Waals surface area contributed by atoms with E-state index in [0.29, 0.717) is 11.7 Å². The summed E-state index contributed by atoms with van der Waals surface area (Å²) in [6, 6.07) is 2.96. The monoisotopic (exact) mass is 222 g/mol. The number of ether oxygens (including phenoxy) is 1. The Bertz CT molecular complexity index is 387.